The first-order valence-electron chi connectivity index (χ1n) is 11.9. The molecule has 0 saturated carbocycles. The summed E-state index contributed by atoms with van der Waals surface area (Å²) >= 11 is 19.0. The molecule has 1 unspecified atom stereocenters. The number of halogens is 3. The number of hydrogen-bond donors (Lipinski definition) is 0. The average Bonchev–Trinajstić information content (AvgIpc) is 3.23. The van der Waals surface area contributed by atoms with Crippen LogP contribution >= 0.6 is 34.8 Å². The Balaban J connectivity index is 1.26. The molecule has 0 spiro atoms. The Kier molecular flexibility index (Phi) is 6.24. The first-order chi connectivity index (χ1) is 17.0. The minimum absolute atomic E-state index is 0.165. The Bertz CT molecular complexity index is 1380. The van der Waals surface area contributed by atoms with Gasteiger partial charge in [-0.15, -0.1) is 0 Å². The van der Waals surface area contributed by atoms with E-state index in [0.717, 1.165) is 43.3 Å². The molecule has 0 N–H and O–H groups in total. The van der Waals surface area contributed by atoms with Gasteiger partial charge in [-0.2, -0.15) is 0 Å². The van der Waals surface area contributed by atoms with E-state index in [1.165, 1.54) is 33.4 Å². The van der Waals surface area contributed by atoms with Crippen molar-refractivity contribution in [2.45, 2.75) is 19.0 Å². The van der Waals surface area contributed by atoms with Gasteiger partial charge < -0.3 is 4.90 Å². The molecule has 1 fully saturated rings. The lowest BCUT2D eigenvalue weighted by atomic mass is 10.00. The van der Waals surface area contributed by atoms with Crippen LogP contribution < -0.4 is 4.90 Å². The number of anilines is 1. The number of rotatable bonds is 4. The highest BCUT2D eigenvalue weighted by atomic mass is 35.5. The van der Waals surface area contributed by atoms with Gasteiger partial charge in [0.2, 0.25) is 0 Å². The zero-order chi connectivity index (χ0) is 23.9. The van der Waals surface area contributed by atoms with E-state index in [2.05, 4.69) is 64.4 Å². The zero-order valence-corrected chi connectivity index (χ0v) is 21.5. The summed E-state index contributed by atoms with van der Waals surface area (Å²) in [5.74, 6) is 0. The molecule has 1 heterocycles. The van der Waals surface area contributed by atoms with Gasteiger partial charge in [-0.05, 0) is 70.1 Å². The minimum atomic E-state index is 0.165. The van der Waals surface area contributed by atoms with Crippen LogP contribution in [0.1, 0.15) is 28.3 Å². The van der Waals surface area contributed by atoms with E-state index in [-0.39, 0.29) is 6.04 Å². The molecule has 0 bridgehead atoms. The highest BCUT2D eigenvalue weighted by Gasteiger charge is 2.30. The van der Waals surface area contributed by atoms with Crippen LogP contribution in [-0.2, 0) is 13.0 Å². The maximum absolute atomic E-state index is 6.64. The lowest BCUT2D eigenvalue weighted by Crippen LogP contribution is -2.48. The van der Waals surface area contributed by atoms with E-state index < -0.39 is 0 Å². The van der Waals surface area contributed by atoms with Gasteiger partial charge in [0.05, 0.1) is 16.8 Å². The van der Waals surface area contributed by atoms with E-state index in [1.54, 1.807) is 0 Å². The van der Waals surface area contributed by atoms with E-state index in [4.69, 9.17) is 34.8 Å². The molecule has 6 rings (SSSR count). The number of benzene rings is 4. The highest BCUT2D eigenvalue weighted by Crippen LogP contribution is 2.39. The van der Waals surface area contributed by atoms with Crippen LogP contribution in [0.25, 0.3) is 11.1 Å². The molecule has 0 radical (unpaired) electrons. The Hall–Kier alpha value is -2.49. The van der Waals surface area contributed by atoms with Gasteiger partial charge in [-0.25, -0.2) is 0 Å². The maximum atomic E-state index is 6.64. The molecule has 1 aliphatic carbocycles. The van der Waals surface area contributed by atoms with Crippen molar-refractivity contribution in [3.63, 3.8) is 0 Å². The Labute approximate surface area is 221 Å². The van der Waals surface area contributed by atoms with Crippen LogP contribution in [0.4, 0.5) is 5.69 Å². The van der Waals surface area contributed by atoms with Crippen molar-refractivity contribution in [2.24, 2.45) is 0 Å². The molecule has 4 aromatic rings. The van der Waals surface area contributed by atoms with Crippen LogP contribution in [-0.4, -0.2) is 24.5 Å². The second-order valence-electron chi connectivity index (χ2n) is 9.42. The second kappa shape index (κ2) is 9.52. The van der Waals surface area contributed by atoms with Crippen molar-refractivity contribution < 1.29 is 0 Å². The SMILES string of the molecule is Clc1ccc(C2CN(Cc3ccc4c(c3)Cc3ccccc3-4)CCN2c2ccc(Cl)cc2Cl)cc1. The number of nitrogens with zero attached hydrogens (tertiary/aromatic N) is 2. The van der Waals surface area contributed by atoms with Gasteiger partial charge in [0.15, 0.2) is 0 Å². The maximum Gasteiger partial charge on any atom is 0.0670 e. The molecule has 0 amide bonds. The van der Waals surface area contributed by atoms with E-state index >= 15 is 0 Å². The van der Waals surface area contributed by atoms with Crippen LogP contribution in [0, 0.1) is 0 Å². The fraction of sp³-hybridized carbons (Fsp3) is 0.200. The molecular formula is C30H25Cl3N2. The summed E-state index contributed by atoms with van der Waals surface area (Å²) in [6, 6.07) is 29.9. The van der Waals surface area contributed by atoms with Crippen molar-refractivity contribution in [2.75, 3.05) is 24.5 Å². The highest BCUT2D eigenvalue weighted by molar-refractivity contribution is 6.36. The first-order valence-corrected chi connectivity index (χ1v) is 13.1. The topological polar surface area (TPSA) is 6.48 Å². The van der Waals surface area contributed by atoms with Gasteiger partial charge in [-0.3, -0.25) is 4.90 Å². The summed E-state index contributed by atoms with van der Waals surface area (Å²) in [5.41, 5.74) is 9.24. The van der Waals surface area contributed by atoms with Crippen molar-refractivity contribution in [1.82, 2.24) is 4.90 Å². The van der Waals surface area contributed by atoms with Crippen molar-refractivity contribution >= 4 is 40.5 Å². The zero-order valence-electron chi connectivity index (χ0n) is 19.2. The van der Waals surface area contributed by atoms with Gasteiger partial charge >= 0.3 is 0 Å². The van der Waals surface area contributed by atoms with Gasteiger partial charge in [0, 0.05) is 36.2 Å². The third-order valence-corrected chi connectivity index (χ3v) is 7.99. The second-order valence-corrected chi connectivity index (χ2v) is 10.7. The quantitative estimate of drug-likeness (QED) is 0.236. The van der Waals surface area contributed by atoms with Crippen molar-refractivity contribution in [3.8, 4) is 11.1 Å². The van der Waals surface area contributed by atoms with Crippen LogP contribution in [0.5, 0.6) is 0 Å². The van der Waals surface area contributed by atoms with E-state index in [9.17, 15) is 0 Å². The summed E-state index contributed by atoms with van der Waals surface area (Å²) < 4.78 is 0. The Morgan fingerprint density at radius 1 is 0.714 bits per heavy atom. The predicted octanol–water partition coefficient (Wildman–Crippen LogP) is 8.28. The van der Waals surface area contributed by atoms with Crippen LogP contribution in [0.2, 0.25) is 15.1 Å². The molecule has 1 aliphatic heterocycles. The summed E-state index contributed by atoms with van der Waals surface area (Å²) in [6.45, 7) is 3.67. The Morgan fingerprint density at radius 3 is 2.31 bits per heavy atom. The molecule has 176 valence electrons. The molecule has 5 heteroatoms. The minimum Gasteiger partial charge on any atom is -0.361 e. The summed E-state index contributed by atoms with van der Waals surface area (Å²) in [4.78, 5) is 4.95. The van der Waals surface area contributed by atoms with Gasteiger partial charge in [-0.1, -0.05) is 89.4 Å². The number of hydrogen-bond acceptors (Lipinski definition) is 2. The van der Waals surface area contributed by atoms with E-state index in [1.807, 2.05) is 30.3 Å². The first kappa shape index (κ1) is 22.9. The summed E-state index contributed by atoms with van der Waals surface area (Å²) in [7, 11) is 0. The molecule has 4 aromatic carbocycles. The molecule has 2 aliphatic rings. The largest absolute Gasteiger partial charge is 0.361 e. The number of piperazine rings is 1. The normalized spacial score (nSPS) is 17.3. The Morgan fingerprint density at radius 2 is 1.49 bits per heavy atom. The summed E-state index contributed by atoms with van der Waals surface area (Å²) in [5, 5.41) is 2.08. The smallest absolute Gasteiger partial charge is 0.0670 e. The van der Waals surface area contributed by atoms with Crippen LogP contribution in [0.3, 0.4) is 0 Å². The molecule has 2 nitrogen and oxygen atoms in total. The molecule has 0 aromatic heterocycles. The number of fused-ring (bicyclic) bond motifs is 3. The standard InChI is InChI=1S/C30H25Cl3N2/c31-24-8-6-21(7-9-24)30-19-34(13-14-35(30)29-12-10-25(32)17-28(29)33)18-20-5-11-27-23(15-20)16-22-3-1-2-4-26(22)27/h1-12,15,17,30H,13-14,16,18-19H2. The third-order valence-electron chi connectivity index (χ3n) is 7.20. The fourth-order valence-corrected chi connectivity index (χ4v) is 6.15. The molecule has 1 saturated heterocycles. The predicted molar refractivity (Wildman–Crippen MR) is 148 cm³/mol. The lowest BCUT2D eigenvalue weighted by Gasteiger charge is -2.43. The van der Waals surface area contributed by atoms with Gasteiger partial charge in [0.1, 0.15) is 0 Å². The van der Waals surface area contributed by atoms with Crippen molar-refractivity contribution in [3.05, 3.63) is 122 Å². The summed E-state index contributed by atoms with van der Waals surface area (Å²) in [6.07, 6.45) is 1.02. The van der Waals surface area contributed by atoms with Crippen LogP contribution in [0.15, 0.2) is 84.9 Å². The van der Waals surface area contributed by atoms with E-state index in [0.29, 0.717) is 10.0 Å². The average molecular weight is 520 g/mol. The molecule has 35 heavy (non-hydrogen) atoms. The molecule has 1 atom stereocenters. The lowest BCUT2D eigenvalue weighted by molar-refractivity contribution is 0.215. The fourth-order valence-electron chi connectivity index (χ4n) is 5.51. The monoisotopic (exact) mass is 518 g/mol. The molecular weight excluding hydrogens is 495 g/mol. The third kappa shape index (κ3) is 4.57. The van der Waals surface area contributed by atoms with Gasteiger partial charge in [0.25, 0.3) is 0 Å². The van der Waals surface area contributed by atoms with Crippen molar-refractivity contribution in [1.29, 1.82) is 0 Å².